The largest absolute Gasteiger partial charge is 0.348 e. The van der Waals surface area contributed by atoms with Gasteiger partial charge in [-0.2, -0.15) is 4.98 Å². The van der Waals surface area contributed by atoms with Crippen molar-refractivity contribution in [3.63, 3.8) is 0 Å². The van der Waals surface area contributed by atoms with E-state index in [1.165, 1.54) is 0 Å². The Bertz CT molecular complexity index is 1190. The van der Waals surface area contributed by atoms with Crippen molar-refractivity contribution in [1.82, 2.24) is 25.5 Å². The van der Waals surface area contributed by atoms with Crippen molar-refractivity contribution in [3.05, 3.63) is 77.6 Å². The number of hydrogen-bond acceptors (Lipinski definition) is 5. The van der Waals surface area contributed by atoms with Gasteiger partial charge in [-0.05, 0) is 42.3 Å². The second kappa shape index (κ2) is 6.87. The Kier molecular flexibility index (Phi) is 4.05. The molecule has 142 valence electrons. The highest BCUT2D eigenvalue weighted by Gasteiger charge is 2.18. The molecule has 1 aliphatic heterocycles. The van der Waals surface area contributed by atoms with E-state index < -0.39 is 0 Å². The van der Waals surface area contributed by atoms with Gasteiger partial charge in [0.2, 0.25) is 5.95 Å². The van der Waals surface area contributed by atoms with Crippen LogP contribution in [0.1, 0.15) is 21.6 Å². The summed E-state index contributed by atoms with van der Waals surface area (Å²) in [5.74, 6) is 1.12. The molecule has 0 saturated heterocycles. The molecular formula is C22H18N6O. The average Bonchev–Trinajstić information content (AvgIpc) is 3.36. The molecule has 0 unspecified atom stereocenters. The van der Waals surface area contributed by atoms with Gasteiger partial charge >= 0.3 is 0 Å². The number of rotatable bonds is 4. The van der Waals surface area contributed by atoms with Crippen LogP contribution in [0.3, 0.4) is 0 Å². The van der Waals surface area contributed by atoms with Crippen LogP contribution < -0.4 is 10.6 Å². The van der Waals surface area contributed by atoms with Crippen LogP contribution in [0.25, 0.3) is 22.5 Å². The number of nitrogens with one attached hydrogen (secondary N) is 3. The fourth-order valence-corrected chi connectivity index (χ4v) is 3.34. The lowest BCUT2D eigenvalue weighted by atomic mass is 10.1. The number of nitrogens with zero attached hydrogens (tertiary/aromatic N) is 3. The van der Waals surface area contributed by atoms with Gasteiger partial charge in [0, 0.05) is 40.8 Å². The summed E-state index contributed by atoms with van der Waals surface area (Å²) in [6.45, 7) is 2.52. The lowest BCUT2D eigenvalue weighted by Gasteiger charge is -2.04. The lowest BCUT2D eigenvalue weighted by molar-refractivity contribution is 0.0966. The number of pyridine rings is 1. The minimum atomic E-state index is -0.0309. The third kappa shape index (κ3) is 3.34. The Labute approximate surface area is 167 Å². The van der Waals surface area contributed by atoms with Gasteiger partial charge in [-0.3, -0.25) is 14.9 Å². The van der Waals surface area contributed by atoms with Crippen LogP contribution in [-0.2, 0) is 6.54 Å². The van der Waals surface area contributed by atoms with E-state index in [2.05, 4.69) is 36.9 Å². The highest BCUT2D eigenvalue weighted by atomic mass is 16.1. The Hall–Kier alpha value is -4.00. The van der Waals surface area contributed by atoms with Gasteiger partial charge in [-0.25, -0.2) is 0 Å². The maximum absolute atomic E-state index is 11.7. The number of carbonyl (C=O) groups is 1. The molecule has 0 bridgehead atoms. The first-order chi connectivity index (χ1) is 14.2. The molecule has 1 aliphatic rings. The van der Waals surface area contributed by atoms with E-state index in [0.29, 0.717) is 18.3 Å². The van der Waals surface area contributed by atoms with Crippen LogP contribution in [0.15, 0.2) is 60.8 Å². The van der Waals surface area contributed by atoms with Crippen LogP contribution in [0.5, 0.6) is 0 Å². The minimum Gasteiger partial charge on any atom is -0.348 e. The first kappa shape index (κ1) is 17.1. The number of hydrogen-bond donors (Lipinski definition) is 3. The molecule has 29 heavy (non-hydrogen) atoms. The van der Waals surface area contributed by atoms with Gasteiger partial charge < -0.3 is 10.6 Å². The number of aryl methyl sites for hydroxylation is 1. The smallest absolute Gasteiger partial charge is 0.251 e. The molecule has 0 spiro atoms. The first-order valence-corrected chi connectivity index (χ1v) is 9.30. The fraction of sp³-hybridized carbons (Fsp3) is 0.0909. The number of carbonyl (C=O) groups excluding carboxylic acids is 1. The normalized spacial score (nSPS) is 12.5. The number of fused-ring (bicyclic) bond motifs is 1. The Morgan fingerprint density at radius 3 is 2.55 bits per heavy atom. The van der Waals surface area contributed by atoms with Crippen LogP contribution in [0.2, 0.25) is 0 Å². The number of amides is 1. The summed E-state index contributed by atoms with van der Waals surface area (Å²) in [5.41, 5.74) is 6.64. The Balaban J connectivity index is 1.33. The third-order valence-electron chi connectivity index (χ3n) is 4.93. The number of aromatic amines is 1. The number of anilines is 2. The van der Waals surface area contributed by atoms with E-state index in [0.717, 1.165) is 39.2 Å². The number of aromatic nitrogens is 4. The van der Waals surface area contributed by atoms with Crippen molar-refractivity contribution in [3.8, 4) is 22.5 Å². The molecule has 2 aromatic heterocycles. The van der Waals surface area contributed by atoms with Crippen LogP contribution in [0, 0.1) is 6.92 Å². The van der Waals surface area contributed by atoms with Gasteiger partial charge in [0.05, 0.1) is 0 Å². The molecule has 7 heteroatoms. The number of benzene rings is 2. The van der Waals surface area contributed by atoms with Gasteiger partial charge in [-0.1, -0.05) is 30.3 Å². The molecule has 2 aromatic carbocycles. The van der Waals surface area contributed by atoms with Crippen LogP contribution >= 0.6 is 0 Å². The zero-order valence-corrected chi connectivity index (χ0v) is 15.7. The van der Waals surface area contributed by atoms with Gasteiger partial charge in [0.25, 0.3) is 5.91 Å². The number of H-pyrrole nitrogens is 1. The Morgan fingerprint density at radius 1 is 0.966 bits per heavy atom. The summed E-state index contributed by atoms with van der Waals surface area (Å²) in [6, 6.07) is 17.8. The molecule has 5 rings (SSSR count). The monoisotopic (exact) mass is 382 g/mol. The van der Waals surface area contributed by atoms with Crippen LogP contribution in [-0.4, -0.2) is 26.1 Å². The van der Waals surface area contributed by atoms with Crippen molar-refractivity contribution in [1.29, 1.82) is 0 Å². The quantitative estimate of drug-likeness (QED) is 0.499. The molecule has 0 saturated carbocycles. The average molecular weight is 382 g/mol. The minimum absolute atomic E-state index is 0.0309. The summed E-state index contributed by atoms with van der Waals surface area (Å²) in [7, 11) is 0. The molecule has 0 radical (unpaired) electrons. The summed E-state index contributed by atoms with van der Waals surface area (Å²) in [5, 5.41) is 13.2. The lowest BCUT2D eigenvalue weighted by Crippen LogP contribution is -2.12. The van der Waals surface area contributed by atoms with E-state index in [4.69, 9.17) is 0 Å². The highest BCUT2D eigenvalue weighted by molar-refractivity contribution is 5.98. The molecule has 3 N–H and O–H groups in total. The van der Waals surface area contributed by atoms with E-state index in [1.807, 2.05) is 61.7 Å². The predicted octanol–water partition coefficient (Wildman–Crippen LogP) is 3.83. The zero-order chi connectivity index (χ0) is 19.8. The Morgan fingerprint density at radius 2 is 1.76 bits per heavy atom. The van der Waals surface area contributed by atoms with Crippen molar-refractivity contribution in [2.24, 2.45) is 0 Å². The van der Waals surface area contributed by atoms with Crippen molar-refractivity contribution in [2.75, 3.05) is 5.32 Å². The molecular weight excluding hydrogens is 364 g/mol. The summed E-state index contributed by atoms with van der Waals surface area (Å²) in [6.07, 6.45) is 1.88. The summed E-state index contributed by atoms with van der Waals surface area (Å²) in [4.78, 5) is 20.5. The summed E-state index contributed by atoms with van der Waals surface area (Å²) >= 11 is 0. The SMILES string of the molecule is Cc1ccc(-c2ccc(-c3nc(Nc4ccc5c(c4)CNC5=O)n[nH]3)cc2)cn1. The van der Waals surface area contributed by atoms with Gasteiger partial charge in [0.15, 0.2) is 5.82 Å². The van der Waals surface area contributed by atoms with Gasteiger partial charge in [-0.15, -0.1) is 5.10 Å². The highest BCUT2D eigenvalue weighted by Crippen LogP contribution is 2.25. The van der Waals surface area contributed by atoms with Crippen molar-refractivity contribution < 1.29 is 4.79 Å². The zero-order valence-electron chi connectivity index (χ0n) is 15.7. The maximum atomic E-state index is 11.7. The van der Waals surface area contributed by atoms with E-state index in [-0.39, 0.29) is 5.91 Å². The van der Waals surface area contributed by atoms with E-state index in [9.17, 15) is 4.79 Å². The first-order valence-electron chi connectivity index (χ1n) is 9.30. The van der Waals surface area contributed by atoms with E-state index in [1.54, 1.807) is 0 Å². The molecule has 7 nitrogen and oxygen atoms in total. The summed E-state index contributed by atoms with van der Waals surface area (Å²) < 4.78 is 0. The molecule has 0 aliphatic carbocycles. The van der Waals surface area contributed by atoms with Crippen molar-refractivity contribution in [2.45, 2.75) is 13.5 Å². The van der Waals surface area contributed by atoms with Crippen LogP contribution in [0.4, 0.5) is 11.6 Å². The molecule has 0 fully saturated rings. The van der Waals surface area contributed by atoms with Crippen molar-refractivity contribution >= 4 is 17.5 Å². The van der Waals surface area contributed by atoms with E-state index >= 15 is 0 Å². The maximum Gasteiger partial charge on any atom is 0.251 e. The molecule has 4 aromatic rings. The van der Waals surface area contributed by atoms with Gasteiger partial charge in [0.1, 0.15) is 0 Å². The third-order valence-corrected chi connectivity index (χ3v) is 4.93. The predicted molar refractivity (Wildman–Crippen MR) is 111 cm³/mol. The fourth-order valence-electron chi connectivity index (χ4n) is 3.34. The molecule has 3 heterocycles. The molecule has 1 amide bonds. The standard InChI is InChI=1S/C22H18N6O/c1-13-2-3-16(11-23-13)14-4-6-15(7-5-14)20-26-22(28-27-20)25-18-8-9-19-17(10-18)12-24-21(19)29/h2-11H,12H2,1H3,(H,24,29)(H2,25,26,27,28). The topological polar surface area (TPSA) is 95.6 Å². The second-order valence-corrected chi connectivity index (χ2v) is 6.95. The second-order valence-electron chi connectivity index (χ2n) is 6.95. The molecule has 0 atom stereocenters.